The molecule has 2 amide bonds. The number of hydrogen-bond donors (Lipinski definition) is 2. The zero-order chi connectivity index (χ0) is 15.9. The van der Waals surface area contributed by atoms with Gasteiger partial charge in [-0.15, -0.1) is 0 Å². The molecule has 3 N–H and O–H groups in total. The number of hydrogen-bond acceptors (Lipinski definition) is 6. The highest BCUT2D eigenvalue weighted by Gasteiger charge is 2.22. The molecule has 1 fully saturated rings. The van der Waals surface area contributed by atoms with E-state index in [-0.39, 0.29) is 11.8 Å². The summed E-state index contributed by atoms with van der Waals surface area (Å²) >= 11 is 0. The molecule has 0 bridgehead atoms. The van der Waals surface area contributed by atoms with E-state index in [2.05, 4.69) is 20.2 Å². The fourth-order valence-corrected chi connectivity index (χ4v) is 2.22. The first-order valence-electron chi connectivity index (χ1n) is 7.41. The molecule has 8 heteroatoms. The second kappa shape index (κ2) is 7.69. The summed E-state index contributed by atoms with van der Waals surface area (Å²) in [5.74, 6) is 0.497. The molecule has 120 valence electrons. The molecule has 22 heavy (non-hydrogen) atoms. The summed E-state index contributed by atoms with van der Waals surface area (Å²) in [6, 6.07) is 1.23. The van der Waals surface area contributed by atoms with Crippen LogP contribution >= 0.6 is 0 Å². The van der Waals surface area contributed by atoms with Gasteiger partial charge in [-0.1, -0.05) is 0 Å². The number of amides is 2. The van der Waals surface area contributed by atoms with Gasteiger partial charge in [-0.3, -0.25) is 9.59 Å². The summed E-state index contributed by atoms with van der Waals surface area (Å²) in [6.07, 6.45) is 3.71. The molecule has 0 unspecified atom stereocenters. The van der Waals surface area contributed by atoms with Crippen LogP contribution in [0.1, 0.15) is 13.3 Å². The van der Waals surface area contributed by atoms with Crippen molar-refractivity contribution >= 4 is 17.8 Å². The van der Waals surface area contributed by atoms with Crippen molar-refractivity contribution in [2.75, 3.05) is 37.6 Å². The van der Waals surface area contributed by atoms with Crippen molar-refractivity contribution in [3.8, 4) is 0 Å². The normalized spacial score (nSPS) is 16.3. The molecule has 1 aliphatic heterocycles. The second-order valence-corrected chi connectivity index (χ2v) is 5.25. The molecule has 0 radical (unpaired) electrons. The van der Waals surface area contributed by atoms with Crippen LogP contribution in [-0.2, 0) is 9.59 Å². The average molecular weight is 306 g/mol. The molecular weight excluding hydrogens is 284 g/mol. The summed E-state index contributed by atoms with van der Waals surface area (Å²) in [5, 5.41) is 2.64. The summed E-state index contributed by atoms with van der Waals surface area (Å²) < 4.78 is 0. The van der Waals surface area contributed by atoms with E-state index in [1.165, 1.54) is 0 Å². The van der Waals surface area contributed by atoms with Crippen molar-refractivity contribution in [3.63, 3.8) is 0 Å². The number of carbonyl (C=O) groups is 2. The highest BCUT2D eigenvalue weighted by atomic mass is 16.2. The van der Waals surface area contributed by atoms with Gasteiger partial charge in [0.1, 0.15) is 0 Å². The zero-order valence-electron chi connectivity index (χ0n) is 12.7. The number of carbonyl (C=O) groups excluding carboxylic acids is 2. The highest BCUT2D eigenvalue weighted by molar-refractivity contribution is 5.82. The maximum absolute atomic E-state index is 12.1. The largest absolute Gasteiger partial charge is 0.354 e. The second-order valence-electron chi connectivity index (χ2n) is 5.25. The Balaban J connectivity index is 1.72. The molecule has 1 saturated heterocycles. The zero-order valence-corrected chi connectivity index (χ0v) is 12.7. The van der Waals surface area contributed by atoms with E-state index in [9.17, 15) is 9.59 Å². The topological polar surface area (TPSA) is 104 Å². The molecule has 0 saturated carbocycles. The van der Waals surface area contributed by atoms with Crippen LogP contribution in [0.4, 0.5) is 5.95 Å². The molecule has 1 aromatic heterocycles. The van der Waals surface area contributed by atoms with E-state index < -0.39 is 6.04 Å². The Kier molecular flexibility index (Phi) is 5.65. The minimum atomic E-state index is -0.551. The molecule has 1 aliphatic rings. The maximum atomic E-state index is 12.1. The van der Waals surface area contributed by atoms with Gasteiger partial charge in [0.2, 0.25) is 17.8 Å². The highest BCUT2D eigenvalue weighted by Crippen LogP contribution is 2.10. The number of piperazine rings is 1. The summed E-state index contributed by atoms with van der Waals surface area (Å²) in [6.45, 7) is 4.63. The first-order chi connectivity index (χ1) is 10.6. The van der Waals surface area contributed by atoms with Gasteiger partial charge in [0.25, 0.3) is 0 Å². The van der Waals surface area contributed by atoms with E-state index in [1.807, 2.05) is 0 Å². The van der Waals surface area contributed by atoms with Gasteiger partial charge in [-0.25, -0.2) is 9.97 Å². The van der Waals surface area contributed by atoms with Crippen molar-refractivity contribution in [3.05, 3.63) is 18.5 Å². The predicted molar refractivity (Wildman–Crippen MR) is 82.1 cm³/mol. The minimum absolute atomic E-state index is 0.0404. The minimum Gasteiger partial charge on any atom is -0.354 e. The van der Waals surface area contributed by atoms with Crippen molar-refractivity contribution < 1.29 is 9.59 Å². The first kappa shape index (κ1) is 16.2. The lowest BCUT2D eigenvalue weighted by Crippen LogP contribution is -2.50. The fourth-order valence-electron chi connectivity index (χ4n) is 2.22. The number of rotatable bonds is 5. The lowest BCUT2D eigenvalue weighted by molar-refractivity contribution is -0.131. The van der Waals surface area contributed by atoms with Crippen LogP contribution in [0.3, 0.4) is 0 Å². The SMILES string of the molecule is C[C@@H](N)C(=O)NCCC(=O)N1CCN(c2ncccn2)CC1. The third-order valence-electron chi connectivity index (χ3n) is 3.52. The monoisotopic (exact) mass is 306 g/mol. The van der Waals surface area contributed by atoms with Gasteiger partial charge in [0.15, 0.2) is 0 Å². The van der Waals surface area contributed by atoms with Crippen molar-refractivity contribution in [2.45, 2.75) is 19.4 Å². The summed E-state index contributed by atoms with van der Waals surface area (Å²) in [7, 11) is 0. The number of nitrogens with zero attached hydrogens (tertiary/aromatic N) is 4. The Labute approximate surface area is 129 Å². The van der Waals surface area contributed by atoms with Gasteiger partial charge < -0.3 is 20.9 Å². The lowest BCUT2D eigenvalue weighted by Gasteiger charge is -2.34. The number of nitrogens with two attached hydrogens (primary N) is 1. The van der Waals surface area contributed by atoms with Crippen LogP contribution < -0.4 is 16.0 Å². The van der Waals surface area contributed by atoms with Crippen LogP contribution in [0.2, 0.25) is 0 Å². The predicted octanol–water partition coefficient (Wildman–Crippen LogP) is -1.02. The Hall–Kier alpha value is -2.22. The van der Waals surface area contributed by atoms with Crippen molar-refractivity contribution in [1.29, 1.82) is 0 Å². The van der Waals surface area contributed by atoms with Gasteiger partial charge in [-0.05, 0) is 13.0 Å². The maximum Gasteiger partial charge on any atom is 0.236 e. The molecule has 0 spiro atoms. The van der Waals surface area contributed by atoms with Crippen LogP contribution in [0, 0.1) is 0 Å². The number of anilines is 1. The third-order valence-corrected chi connectivity index (χ3v) is 3.52. The number of aromatic nitrogens is 2. The molecule has 1 atom stereocenters. The van der Waals surface area contributed by atoms with Crippen molar-refractivity contribution in [2.24, 2.45) is 5.73 Å². The van der Waals surface area contributed by atoms with Crippen LogP contribution in [0.15, 0.2) is 18.5 Å². The standard InChI is InChI=1S/C14H22N6O2/c1-11(15)13(22)16-6-3-12(21)19-7-9-20(10-8-19)14-17-4-2-5-18-14/h2,4-5,11H,3,6-10,15H2,1H3,(H,16,22)/t11-/m1/s1. The molecule has 8 nitrogen and oxygen atoms in total. The van der Waals surface area contributed by atoms with E-state index >= 15 is 0 Å². The summed E-state index contributed by atoms with van der Waals surface area (Å²) in [5.41, 5.74) is 5.44. The molecule has 1 aromatic rings. The molecule has 0 aromatic carbocycles. The third kappa shape index (κ3) is 4.39. The molecular formula is C14H22N6O2. The van der Waals surface area contributed by atoms with Gasteiger partial charge in [0, 0.05) is 51.5 Å². The Bertz CT molecular complexity index is 499. The van der Waals surface area contributed by atoms with E-state index in [4.69, 9.17) is 5.73 Å². The summed E-state index contributed by atoms with van der Waals surface area (Å²) in [4.78, 5) is 35.7. The van der Waals surface area contributed by atoms with E-state index in [0.29, 0.717) is 45.1 Å². The van der Waals surface area contributed by atoms with Crippen LogP contribution in [0.25, 0.3) is 0 Å². The average Bonchev–Trinajstić information content (AvgIpc) is 2.55. The smallest absolute Gasteiger partial charge is 0.236 e. The Morgan fingerprint density at radius 1 is 1.27 bits per heavy atom. The molecule has 2 rings (SSSR count). The van der Waals surface area contributed by atoms with E-state index in [0.717, 1.165) is 0 Å². The van der Waals surface area contributed by atoms with Gasteiger partial charge >= 0.3 is 0 Å². The fraction of sp³-hybridized carbons (Fsp3) is 0.571. The Morgan fingerprint density at radius 2 is 1.91 bits per heavy atom. The van der Waals surface area contributed by atoms with Gasteiger partial charge in [0.05, 0.1) is 6.04 Å². The van der Waals surface area contributed by atoms with E-state index in [1.54, 1.807) is 30.3 Å². The van der Waals surface area contributed by atoms with Crippen LogP contribution in [0.5, 0.6) is 0 Å². The quantitative estimate of drug-likeness (QED) is 0.721. The first-order valence-corrected chi connectivity index (χ1v) is 7.41. The number of nitrogens with one attached hydrogen (secondary N) is 1. The Morgan fingerprint density at radius 3 is 2.50 bits per heavy atom. The lowest BCUT2D eigenvalue weighted by atomic mass is 10.2. The van der Waals surface area contributed by atoms with Gasteiger partial charge in [-0.2, -0.15) is 0 Å². The molecule has 0 aliphatic carbocycles. The molecule has 2 heterocycles. The van der Waals surface area contributed by atoms with Crippen LogP contribution in [-0.4, -0.2) is 65.4 Å². The van der Waals surface area contributed by atoms with Crippen molar-refractivity contribution in [1.82, 2.24) is 20.2 Å².